The lowest BCUT2D eigenvalue weighted by Gasteiger charge is -2.11. The molecule has 0 atom stereocenters. The summed E-state index contributed by atoms with van der Waals surface area (Å²) in [5, 5.41) is 14.0. The van der Waals surface area contributed by atoms with Gasteiger partial charge < -0.3 is 8.98 Å². The van der Waals surface area contributed by atoms with Crippen LogP contribution in [0.4, 0.5) is 0 Å². The summed E-state index contributed by atoms with van der Waals surface area (Å²) in [5.74, 6) is 1.85. The second-order valence-electron chi connectivity index (χ2n) is 17.9. The number of fused-ring (bicyclic) bond motifs is 14. The number of nitrogens with zero attached hydrogens (tertiary/aromatic N) is 4. The quantitative estimate of drug-likeness (QED) is 0.173. The van der Waals surface area contributed by atoms with Crippen molar-refractivity contribution in [3.8, 4) is 51.0 Å². The molecule has 15 rings (SSSR count). The second-order valence-corrected chi connectivity index (χ2v) is 19.0. The molecule has 320 valence electrons. The van der Waals surface area contributed by atoms with Crippen LogP contribution in [0.15, 0.2) is 223 Å². The molecular weight excluding hydrogens is 861 g/mol. The van der Waals surface area contributed by atoms with E-state index in [4.69, 9.17) is 19.4 Å². The van der Waals surface area contributed by atoms with Gasteiger partial charge in [-0.3, -0.25) is 0 Å². The average molecular weight is 897 g/mol. The van der Waals surface area contributed by atoms with Crippen LogP contribution in [0.5, 0.6) is 0 Å². The van der Waals surface area contributed by atoms with E-state index in [0.717, 1.165) is 71.7 Å². The van der Waals surface area contributed by atoms with Crippen LogP contribution in [0.1, 0.15) is 0 Å². The number of hydrogen-bond donors (Lipinski definition) is 0. The van der Waals surface area contributed by atoms with Crippen molar-refractivity contribution >= 4 is 108 Å². The van der Waals surface area contributed by atoms with E-state index in [-0.39, 0.29) is 0 Å². The first-order valence-corrected chi connectivity index (χ1v) is 24.1. The highest BCUT2D eigenvalue weighted by Gasteiger charge is 2.22. The van der Waals surface area contributed by atoms with Gasteiger partial charge in [0.15, 0.2) is 23.1 Å². The molecule has 4 aromatic heterocycles. The molecule has 0 spiro atoms. The molecule has 6 heteroatoms. The van der Waals surface area contributed by atoms with Gasteiger partial charge in [-0.2, -0.15) is 0 Å². The van der Waals surface area contributed by atoms with Gasteiger partial charge in [0, 0.05) is 63.8 Å². The van der Waals surface area contributed by atoms with Crippen LogP contribution in [0, 0.1) is 0 Å². The number of benzene rings is 11. The Morgan fingerprint density at radius 1 is 0.348 bits per heavy atom. The van der Waals surface area contributed by atoms with E-state index in [1.54, 1.807) is 11.3 Å². The standard InChI is InChI=1S/C63H36N4OS/c1-2-12-37(13-3-1)40-17-10-18-43(32-40)61-64-62(66-63(65-61)45-27-29-48-47-20-8-9-23-56(47)69-57(48)36-45)44-25-24-39-28-31-55-58(51(39)34-44)50-21-11-22-53(60(50)68-55)67-54-35-42-16-5-4-15-41(42)33-52(54)49-30-26-38-14-6-7-19-46(38)59(49)67/h1-36H. The number of furan rings is 1. The lowest BCUT2D eigenvalue weighted by atomic mass is 10.0. The molecule has 0 bridgehead atoms. The lowest BCUT2D eigenvalue weighted by molar-refractivity contribution is 0.666. The molecule has 0 aliphatic rings. The van der Waals surface area contributed by atoms with Gasteiger partial charge in [-0.1, -0.05) is 170 Å². The molecule has 0 saturated heterocycles. The van der Waals surface area contributed by atoms with Crippen molar-refractivity contribution in [2.45, 2.75) is 0 Å². The molecule has 0 N–H and O–H groups in total. The predicted molar refractivity (Wildman–Crippen MR) is 289 cm³/mol. The summed E-state index contributed by atoms with van der Waals surface area (Å²) in [6, 6.07) is 78.0. The van der Waals surface area contributed by atoms with Crippen LogP contribution < -0.4 is 0 Å². The van der Waals surface area contributed by atoms with Crippen LogP contribution in [0.2, 0.25) is 0 Å². The van der Waals surface area contributed by atoms with Gasteiger partial charge in [0.2, 0.25) is 0 Å². The highest BCUT2D eigenvalue weighted by molar-refractivity contribution is 7.25. The Labute approximate surface area is 398 Å². The summed E-state index contributed by atoms with van der Waals surface area (Å²) < 4.78 is 11.9. The molecule has 69 heavy (non-hydrogen) atoms. The van der Waals surface area contributed by atoms with E-state index < -0.39 is 0 Å². The number of hydrogen-bond acceptors (Lipinski definition) is 5. The molecule has 4 heterocycles. The van der Waals surface area contributed by atoms with E-state index in [2.05, 4.69) is 217 Å². The molecule has 0 aliphatic heterocycles. The summed E-state index contributed by atoms with van der Waals surface area (Å²) in [4.78, 5) is 15.8. The smallest absolute Gasteiger partial charge is 0.164 e. The minimum absolute atomic E-state index is 0.605. The Morgan fingerprint density at radius 2 is 0.942 bits per heavy atom. The third-order valence-electron chi connectivity index (χ3n) is 14.0. The predicted octanol–water partition coefficient (Wildman–Crippen LogP) is 17.4. The molecule has 0 radical (unpaired) electrons. The van der Waals surface area contributed by atoms with Gasteiger partial charge in [-0.05, 0) is 86.6 Å². The Hall–Kier alpha value is -8.97. The number of aromatic nitrogens is 4. The molecule has 0 unspecified atom stereocenters. The van der Waals surface area contributed by atoms with Crippen molar-refractivity contribution in [1.29, 1.82) is 0 Å². The van der Waals surface area contributed by atoms with E-state index in [1.165, 1.54) is 58.0 Å². The number of para-hydroxylation sites is 1. The van der Waals surface area contributed by atoms with Gasteiger partial charge in [0.25, 0.3) is 0 Å². The van der Waals surface area contributed by atoms with E-state index in [0.29, 0.717) is 17.5 Å². The summed E-state index contributed by atoms with van der Waals surface area (Å²) in [7, 11) is 0. The Morgan fingerprint density at radius 3 is 1.80 bits per heavy atom. The lowest BCUT2D eigenvalue weighted by Crippen LogP contribution is -2.00. The Bertz CT molecular complexity index is 4620. The first kappa shape index (κ1) is 38.2. The molecule has 0 fully saturated rings. The minimum Gasteiger partial charge on any atom is -0.454 e. The molecule has 0 aliphatic carbocycles. The van der Waals surface area contributed by atoms with Gasteiger partial charge in [-0.15, -0.1) is 11.3 Å². The third-order valence-corrected chi connectivity index (χ3v) is 15.1. The highest BCUT2D eigenvalue weighted by Crippen LogP contribution is 2.44. The van der Waals surface area contributed by atoms with Crippen molar-refractivity contribution in [3.63, 3.8) is 0 Å². The Balaban J connectivity index is 0.946. The fourth-order valence-electron chi connectivity index (χ4n) is 10.7. The average Bonchev–Trinajstić information content (AvgIpc) is 4.10. The number of rotatable bonds is 5. The first-order chi connectivity index (χ1) is 34.2. The number of thiophene rings is 1. The largest absolute Gasteiger partial charge is 0.454 e. The molecule has 0 saturated carbocycles. The van der Waals surface area contributed by atoms with Gasteiger partial charge in [-0.25, -0.2) is 15.0 Å². The normalized spacial score (nSPS) is 12.1. The maximum Gasteiger partial charge on any atom is 0.164 e. The van der Waals surface area contributed by atoms with Gasteiger partial charge in [0.1, 0.15) is 5.58 Å². The first-order valence-electron chi connectivity index (χ1n) is 23.2. The summed E-state index contributed by atoms with van der Waals surface area (Å²) in [6.45, 7) is 0. The van der Waals surface area contributed by atoms with Crippen LogP contribution in [0.25, 0.3) is 147 Å². The van der Waals surface area contributed by atoms with Crippen molar-refractivity contribution in [2.75, 3.05) is 0 Å². The zero-order chi connectivity index (χ0) is 45.2. The molecule has 11 aromatic carbocycles. The Kier molecular flexibility index (Phi) is 8.17. The molecule has 0 amide bonds. The van der Waals surface area contributed by atoms with Gasteiger partial charge >= 0.3 is 0 Å². The summed E-state index contributed by atoms with van der Waals surface area (Å²) >= 11 is 1.80. The van der Waals surface area contributed by atoms with Gasteiger partial charge in [0.05, 0.1) is 16.7 Å². The monoisotopic (exact) mass is 896 g/mol. The summed E-state index contributed by atoms with van der Waals surface area (Å²) in [6.07, 6.45) is 0. The van der Waals surface area contributed by atoms with E-state index in [9.17, 15) is 0 Å². The topological polar surface area (TPSA) is 56.7 Å². The molecule has 15 aromatic rings. The van der Waals surface area contributed by atoms with Crippen molar-refractivity contribution < 1.29 is 4.42 Å². The fourth-order valence-corrected chi connectivity index (χ4v) is 11.9. The third kappa shape index (κ3) is 5.92. The minimum atomic E-state index is 0.605. The highest BCUT2D eigenvalue weighted by atomic mass is 32.1. The zero-order valence-corrected chi connectivity index (χ0v) is 37.7. The fraction of sp³-hybridized carbons (Fsp3) is 0. The maximum absolute atomic E-state index is 7.06. The second kappa shape index (κ2) is 14.8. The van der Waals surface area contributed by atoms with Crippen molar-refractivity contribution in [2.24, 2.45) is 0 Å². The summed E-state index contributed by atoms with van der Waals surface area (Å²) in [5.41, 5.74) is 9.97. The van der Waals surface area contributed by atoms with E-state index >= 15 is 0 Å². The maximum atomic E-state index is 7.06. The van der Waals surface area contributed by atoms with E-state index in [1.807, 2.05) is 6.07 Å². The van der Waals surface area contributed by atoms with Crippen molar-refractivity contribution in [1.82, 2.24) is 19.5 Å². The van der Waals surface area contributed by atoms with Crippen LogP contribution in [-0.2, 0) is 0 Å². The molecular formula is C63H36N4OS. The SMILES string of the molecule is c1ccc(-c2cccc(-c3nc(-c4ccc5c(c4)sc4ccccc45)nc(-c4ccc5ccc6oc7c(-n8c9cc%10ccccc%10cc9c9ccc%10ccccc%10c98)cccc7c6c5c4)n3)c2)cc1. The van der Waals surface area contributed by atoms with Crippen molar-refractivity contribution in [3.05, 3.63) is 218 Å². The van der Waals surface area contributed by atoms with Crippen LogP contribution >= 0.6 is 11.3 Å². The van der Waals surface area contributed by atoms with Crippen LogP contribution in [0.3, 0.4) is 0 Å². The zero-order valence-electron chi connectivity index (χ0n) is 36.9. The van der Waals surface area contributed by atoms with Crippen LogP contribution in [-0.4, -0.2) is 19.5 Å². The molecule has 5 nitrogen and oxygen atoms in total.